The molecule has 0 aliphatic carbocycles. The summed E-state index contributed by atoms with van der Waals surface area (Å²) in [6.07, 6.45) is 3.31. The smallest absolute Gasteiger partial charge is 0.265 e. The van der Waals surface area contributed by atoms with Crippen molar-refractivity contribution in [3.63, 3.8) is 0 Å². The number of benzene rings is 2. The molecule has 1 amide bonds. The van der Waals surface area contributed by atoms with Crippen molar-refractivity contribution < 1.29 is 22.3 Å². The van der Waals surface area contributed by atoms with Gasteiger partial charge in [-0.25, -0.2) is 12.8 Å². The van der Waals surface area contributed by atoms with Crippen LogP contribution in [0, 0.1) is 5.82 Å². The van der Waals surface area contributed by atoms with Crippen LogP contribution in [0.4, 0.5) is 10.1 Å². The summed E-state index contributed by atoms with van der Waals surface area (Å²) in [6.45, 7) is 2.83. The molecule has 1 atom stereocenters. The molecule has 0 saturated carbocycles. The summed E-state index contributed by atoms with van der Waals surface area (Å²) in [5.41, 5.74) is 0.449. The fourth-order valence-corrected chi connectivity index (χ4v) is 4.90. The molecule has 2 aromatic carbocycles. The number of sulfonamides is 1. The third-order valence-corrected chi connectivity index (χ3v) is 7.01. The predicted molar refractivity (Wildman–Crippen MR) is 113 cm³/mol. The quantitative estimate of drug-likeness (QED) is 0.709. The summed E-state index contributed by atoms with van der Waals surface area (Å²) in [7, 11) is -3.54. The van der Waals surface area contributed by atoms with E-state index in [0.717, 1.165) is 25.7 Å². The molecule has 1 saturated heterocycles. The van der Waals surface area contributed by atoms with Gasteiger partial charge >= 0.3 is 0 Å². The molecule has 0 aromatic heterocycles. The van der Waals surface area contributed by atoms with Crippen molar-refractivity contribution in [2.45, 2.75) is 50.0 Å². The van der Waals surface area contributed by atoms with Gasteiger partial charge in [-0.2, -0.15) is 4.31 Å². The molecule has 0 unspecified atom stereocenters. The van der Waals surface area contributed by atoms with E-state index in [1.54, 1.807) is 31.2 Å². The van der Waals surface area contributed by atoms with E-state index in [-0.39, 0.29) is 10.6 Å². The maximum absolute atomic E-state index is 13.8. The zero-order chi connectivity index (χ0) is 21.6. The molecule has 0 radical (unpaired) electrons. The molecule has 1 aliphatic rings. The molecule has 0 bridgehead atoms. The zero-order valence-corrected chi connectivity index (χ0v) is 17.8. The van der Waals surface area contributed by atoms with Crippen LogP contribution in [0.5, 0.6) is 5.75 Å². The Hall–Kier alpha value is -2.45. The Balaban J connectivity index is 1.67. The van der Waals surface area contributed by atoms with Crippen LogP contribution in [0.15, 0.2) is 53.4 Å². The number of para-hydroxylation sites is 1. The van der Waals surface area contributed by atoms with Gasteiger partial charge in [0.2, 0.25) is 10.0 Å². The largest absolute Gasteiger partial charge is 0.478 e. The van der Waals surface area contributed by atoms with E-state index in [2.05, 4.69) is 5.32 Å². The summed E-state index contributed by atoms with van der Waals surface area (Å²) in [6, 6.07) is 12.0. The zero-order valence-electron chi connectivity index (χ0n) is 17.0. The number of anilines is 1. The van der Waals surface area contributed by atoms with Crippen molar-refractivity contribution in [3.05, 3.63) is 54.3 Å². The molecule has 3 rings (SSSR count). The molecular formula is C22H27FN2O4S. The van der Waals surface area contributed by atoms with Crippen molar-refractivity contribution in [3.8, 4) is 5.75 Å². The highest BCUT2D eigenvalue weighted by atomic mass is 32.2. The number of carbonyl (C=O) groups is 1. The number of hydrogen-bond donors (Lipinski definition) is 1. The minimum absolute atomic E-state index is 0.0124. The fraction of sp³-hybridized carbons (Fsp3) is 0.409. The molecule has 162 valence electrons. The number of halogens is 1. The van der Waals surface area contributed by atoms with Crippen LogP contribution >= 0.6 is 0 Å². The summed E-state index contributed by atoms with van der Waals surface area (Å²) < 4.78 is 46.5. The number of carbonyl (C=O) groups excluding carboxylic acids is 1. The summed E-state index contributed by atoms with van der Waals surface area (Å²) in [4.78, 5) is 12.7. The lowest BCUT2D eigenvalue weighted by atomic mass is 10.2. The number of amides is 1. The first-order chi connectivity index (χ1) is 14.4. The average Bonchev–Trinajstić information content (AvgIpc) is 3.04. The van der Waals surface area contributed by atoms with Gasteiger partial charge < -0.3 is 10.1 Å². The van der Waals surface area contributed by atoms with Crippen LogP contribution in [0.25, 0.3) is 0 Å². The van der Waals surface area contributed by atoms with Crippen LogP contribution in [-0.2, 0) is 14.8 Å². The first-order valence-electron chi connectivity index (χ1n) is 10.2. The molecule has 1 fully saturated rings. The van der Waals surface area contributed by atoms with Crippen LogP contribution in [-0.4, -0.2) is 37.8 Å². The molecule has 1 N–H and O–H groups in total. The minimum Gasteiger partial charge on any atom is -0.478 e. The Morgan fingerprint density at radius 2 is 1.70 bits per heavy atom. The van der Waals surface area contributed by atoms with Gasteiger partial charge in [-0.3, -0.25) is 4.79 Å². The van der Waals surface area contributed by atoms with Gasteiger partial charge in [0.05, 0.1) is 4.90 Å². The fourth-order valence-electron chi connectivity index (χ4n) is 3.38. The minimum atomic E-state index is -3.54. The lowest BCUT2D eigenvalue weighted by molar-refractivity contribution is -0.122. The number of ether oxygens (including phenoxy) is 1. The van der Waals surface area contributed by atoms with Gasteiger partial charge in [-0.1, -0.05) is 31.9 Å². The monoisotopic (exact) mass is 434 g/mol. The molecule has 30 heavy (non-hydrogen) atoms. The Bertz CT molecular complexity index is 955. The molecular weight excluding hydrogens is 407 g/mol. The van der Waals surface area contributed by atoms with E-state index in [1.807, 2.05) is 0 Å². The third kappa shape index (κ3) is 5.37. The summed E-state index contributed by atoms with van der Waals surface area (Å²) in [5.74, 6) is -0.950. The molecule has 2 aromatic rings. The highest BCUT2D eigenvalue weighted by Gasteiger charge is 2.25. The first kappa shape index (κ1) is 22.2. The van der Waals surface area contributed by atoms with Gasteiger partial charge in [-0.15, -0.1) is 0 Å². The van der Waals surface area contributed by atoms with Crippen LogP contribution in [0.2, 0.25) is 0 Å². The average molecular weight is 435 g/mol. The van der Waals surface area contributed by atoms with Crippen molar-refractivity contribution in [2.24, 2.45) is 0 Å². The van der Waals surface area contributed by atoms with E-state index in [4.69, 9.17) is 4.74 Å². The lowest BCUT2D eigenvalue weighted by Gasteiger charge is -2.20. The van der Waals surface area contributed by atoms with Gasteiger partial charge in [-0.05, 0) is 55.7 Å². The summed E-state index contributed by atoms with van der Waals surface area (Å²) >= 11 is 0. The normalized spacial score (nSPS) is 16.5. The van der Waals surface area contributed by atoms with Crippen LogP contribution < -0.4 is 10.1 Å². The predicted octanol–water partition coefficient (Wildman–Crippen LogP) is 4.19. The third-order valence-electron chi connectivity index (χ3n) is 5.09. The second kappa shape index (κ2) is 10.0. The second-order valence-corrected chi connectivity index (χ2v) is 9.22. The first-order valence-corrected chi connectivity index (χ1v) is 11.7. The number of nitrogens with one attached hydrogen (secondary N) is 1. The Morgan fingerprint density at radius 1 is 1.07 bits per heavy atom. The SMILES string of the molecule is CC[C@@H](Oc1ccccc1F)C(=O)Nc1ccc(S(=O)(=O)N2CCCCCC2)cc1. The van der Waals surface area contributed by atoms with Crippen molar-refractivity contribution >= 4 is 21.6 Å². The molecule has 1 heterocycles. The van der Waals surface area contributed by atoms with Crippen molar-refractivity contribution in [1.29, 1.82) is 0 Å². The number of hydrogen-bond acceptors (Lipinski definition) is 4. The topological polar surface area (TPSA) is 75.7 Å². The number of rotatable bonds is 7. The van der Waals surface area contributed by atoms with Gasteiger partial charge in [0, 0.05) is 18.8 Å². The second-order valence-electron chi connectivity index (χ2n) is 7.28. The Morgan fingerprint density at radius 3 is 2.30 bits per heavy atom. The van der Waals surface area contributed by atoms with Gasteiger partial charge in [0.15, 0.2) is 17.7 Å². The molecule has 1 aliphatic heterocycles. The molecule has 0 spiro atoms. The highest BCUT2D eigenvalue weighted by Crippen LogP contribution is 2.23. The van der Waals surface area contributed by atoms with E-state index < -0.39 is 27.9 Å². The van der Waals surface area contributed by atoms with Gasteiger partial charge in [0.1, 0.15) is 0 Å². The lowest BCUT2D eigenvalue weighted by Crippen LogP contribution is -2.33. The molecule has 6 nitrogen and oxygen atoms in total. The molecule has 8 heteroatoms. The highest BCUT2D eigenvalue weighted by molar-refractivity contribution is 7.89. The Labute approximate surface area is 177 Å². The Kier molecular flexibility index (Phi) is 7.44. The van der Waals surface area contributed by atoms with E-state index in [0.29, 0.717) is 25.2 Å². The van der Waals surface area contributed by atoms with Crippen LogP contribution in [0.1, 0.15) is 39.0 Å². The van der Waals surface area contributed by atoms with E-state index >= 15 is 0 Å². The maximum atomic E-state index is 13.8. The van der Waals surface area contributed by atoms with Crippen molar-refractivity contribution in [1.82, 2.24) is 4.31 Å². The van der Waals surface area contributed by atoms with Crippen molar-refractivity contribution in [2.75, 3.05) is 18.4 Å². The standard InChI is InChI=1S/C22H27FN2O4S/c1-2-20(29-21-10-6-5-9-19(21)23)22(26)24-17-11-13-18(14-12-17)30(27,28)25-15-7-3-4-8-16-25/h5-6,9-14,20H,2-4,7-8,15-16H2,1H3,(H,24,26)/t20-/m1/s1. The number of nitrogens with zero attached hydrogens (tertiary/aromatic N) is 1. The maximum Gasteiger partial charge on any atom is 0.265 e. The van der Waals surface area contributed by atoms with Gasteiger partial charge in [0.25, 0.3) is 5.91 Å². The van der Waals surface area contributed by atoms with E-state index in [9.17, 15) is 17.6 Å². The van der Waals surface area contributed by atoms with E-state index in [1.165, 1.54) is 28.6 Å². The summed E-state index contributed by atoms with van der Waals surface area (Å²) in [5, 5.41) is 2.71. The van der Waals surface area contributed by atoms with Crippen LogP contribution in [0.3, 0.4) is 0 Å².